The van der Waals surface area contributed by atoms with Gasteiger partial charge in [0.1, 0.15) is 0 Å². The molecule has 3 amide bonds. The lowest BCUT2D eigenvalue weighted by Gasteiger charge is -2.07. The molecule has 3 N–H and O–H groups in total. The van der Waals surface area contributed by atoms with Crippen molar-refractivity contribution in [2.45, 2.75) is 4.90 Å². The van der Waals surface area contributed by atoms with E-state index in [0.29, 0.717) is 5.69 Å². The average Bonchev–Trinajstić information content (AvgIpc) is 2.35. The van der Waals surface area contributed by atoms with Crippen LogP contribution >= 0.6 is 0 Å². The van der Waals surface area contributed by atoms with Crippen molar-refractivity contribution in [1.29, 1.82) is 0 Å². The van der Waals surface area contributed by atoms with E-state index in [1.165, 1.54) is 19.2 Å². The summed E-state index contributed by atoms with van der Waals surface area (Å²) >= 11 is 0. The van der Waals surface area contributed by atoms with Gasteiger partial charge in [0.25, 0.3) is 0 Å². The second kappa shape index (κ2) is 6.19. The molecule has 1 aromatic rings. The molecule has 0 heterocycles. The molecule has 0 bridgehead atoms. The zero-order valence-electron chi connectivity index (χ0n) is 10.6. The van der Waals surface area contributed by atoms with E-state index in [1.807, 2.05) is 0 Å². The van der Waals surface area contributed by atoms with Crippen molar-refractivity contribution in [2.75, 3.05) is 25.2 Å². The standard InChI is InChI=1S/C11H15N3O4S/c1-12-11(16)14-10(15)7-13-8-4-3-5-9(6-8)19(2,17)18/h3-6,13H,7H2,1-2H3,(H2,12,14,15,16). The molecule has 7 nitrogen and oxygen atoms in total. The molecule has 0 unspecified atom stereocenters. The average molecular weight is 285 g/mol. The van der Waals surface area contributed by atoms with Gasteiger partial charge in [-0.1, -0.05) is 6.07 Å². The molecule has 0 aliphatic heterocycles. The summed E-state index contributed by atoms with van der Waals surface area (Å²) in [6.45, 7) is -0.138. The highest BCUT2D eigenvalue weighted by atomic mass is 32.2. The van der Waals surface area contributed by atoms with Crippen molar-refractivity contribution in [1.82, 2.24) is 10.6 Å². The number of urea groups is 1. The van der Waals surface area contributed by atoms with Crippen LogP contribution in [0.4, 0.5) is 10.5 Å². The predicted molar refractivity (Wildman–Crippen MR) is 70.6 cm³/mol. The van der Waals surface area contributed by atoms with Crippen LogP contribution in [-0.4, -0.2) is 40.2 Å². The maximum absolute atomic E-state index is 11.3. The van der Waals surface area contributed by atoms with Gasteiger partial charge in [-0.2, -0.15) is 0 Å². The van der Waals surface area contributed by atoms with Crippen LogP contribution in [-0.2, 0) is 14.6 Å². The number of amides is 3. The van der Waals surface area contributed by atoms with Crippen LogP contribution < -0.4 is 16.0 Å². The lowest BCUT2D eigenvalue weighted by Crippen LogP contribution is -2.40. The molecule has 0 aliphatic rings. The Morgan fingerprint density at radius 1 is 1.26 bits per heavy atom. The number of imide groups is 1. The van der Waals surface area contributed by atoms with E-state index in [2.05, 4.69) is 16.0 Å². The summed E-state index contributed by atoms with van der Waals surface area (Å²) in [6.07, 6.45) is 1.10. The van der Waals surface area contributed by atoms with Gasteiger partial charge in [-0.25, -0.2) is 13.2 Å². The minimum absolute atomic E-state index is 0.138. The number of hydrogen-bond donors (Lipinski definition) is 3. The van der Waals surface area contributed by atoms with Crippen molar-refractivity contribution in [3.8, 4) is 0 Å². The van der Waals surface area contributed by atoms with Crippen LogP contribution in [0.15, 0.2) is 29.2 Å². The van der Waals surface area contributed by atoms with E-state index in [9.17, 15) is 18.0 Å². The minimum atomic E-state index is -3.29. The zero-order chi connectivity index (χ0) is 14.5. The number of carbonyl (C=O) groups excluding carboxylic acids is 2. The van der Waals surface area contributed by atoms with Crippen molar-refractivity contribution < 1.29 is 18.0 Å². The van der Waals surface area contributed by atoms with E-state index >= 15 is 0 Å². The number of hydrogen-bond acceptors (Lipinski definition) is 5. The molecule has 0 fully saturated rings. The number of carbonyl (C=O) groups is 2. The Morgan fingerprint density at radius 3 is 2.53 bits per heavy atom. The summed E-state index contributed by atoms with van der Waals surface area (Å²) in [5, 5.41) is 7.05. The SMILES string of the molecule is CNC(=O)NC(=O)CNc1cccc(S(C)(=O)=O)c1. The molecule has 0 atom stereocenters. The minimum Gasteiger partial charge on any atom is -0.376 e. The van der Waals surface area contributed by atoms with Crippen molar-refractivity contribution in [3.05, 3.63) is 24.3 Å². The van der Waals surface area contributed by atoms with E-state index in [4.69, 9.17) is 0 Å². The molecule has 0 saturated heterocycles. The highest BCUT2D eigenvalue weighted by Gasteiger charge is 2.08. The summed E-state index contributed by atoms with van der Waals surface area (Å²) < 4.78 is 22.7. The molecule has 0 aliphatic carbocycles. The highest BCUT2D eigenvalue weighted by molar-refractivity contribution is 7.90. The molecule has 1 aromatic carbocycles. The molecule has 0 spiro atoms. The quantitative estimate of drug-likeness (QED) is 0.720. The fourth-order valence-electron chi connectivity index (χ4n) is 1.25. The van der Waals surface area contributed by atoms with Gasteiger partial charge >= 0.3 is 6.03 Å². The van der Waals surface area contributed by atoms with Gasteiger partial charge in [0.2, 0.25) is 5.91 Å². The van der Waals surface area contributed by atoms with Crippen LogP contribution in [0.25, 0.3) is 0 Å². The van der Waals surface area contributed by atoms with Crippen molar-refractivity contribution in [2.24, 2.45) is 0 Å². The second-order valence-electron chi connectivity index (χ2n) is 3.78. The molecular weight excluding hydrogens is 270 g/mol. The maximum Gasteiger partial charge on any atom is 0.321 e. The van der Waals surface area contributed by atoms with Gasteiger partial charge in [0.05, 0.1) is 11.4 Å². The lowest BCUT2D eigenvalue weighted by atomic mass is 10.3. The molecular formula is C11H15N3O4S. The van der Waals surface area contributed by atoms with Crippen LogP contribution in [0, 0.1) is 0 Å². The molecule has 1 rings (SSSR count). The van der Waals surface area contributed by atoms with Crippen molar-refractivity contribution >= 4 is 27.5 Å². The Hall–Kier alpha value is -2.09. The Labute approximate surface area is 111 Å². The first kappa shape index (κ1) is 15.0. The molecule has 8 heteroatoms. The fraction of sp³-hybridized carbons (Fsp3) is 0.273. The summed E-state index contributed by atoms with van der Waals surface area (Å²) in [5.74, 6) is -0.524. The Kier molecular flexibility index (Phi) is 4.87. The number of sulfone groups is 1. The fourth-order valence-corrected chi connectivity index (χ4v) is 1.92. The smallest absolute Gasteiger partial charge is 0.321 e. The second-order valence-corrected chi connectivity index (χ2v) is 5.80. The Bertz CT molecular complexity index is 583. The third kappa shape index (κ3) is 4.96. The number of rotatable bonds is 4. The van der Waals surface area contributed by atoms with Crippen LogP contribution in [0.3, 0.4) is 0 Å². The monoisotopic (exact) mass is 285 g/mol. The number of benzene rings is 1. The highest BCUT2D eigenvalue weighted by Crippen LogP contribution is 2.14. The predicted octanol–water partition coefficient (Wildman–Crippen LogP) is -0.0424. The third-order valence-corrected chi connectivity index (χ3v) is 3.31. The topological polar surface area (TPSA) is 104 Å². The normalized spacial score (nSPS) is 10.6. The van der Waals surface area contributed by atoms with Crippen LogP contribution in [0.5, 0.6) is 0 Å². The van der Waals surface area contributed by atoms with E-state index in [-0.39, 0.29) is 11.4 Å². The number of nitrogens with one attached hydrogen (secondary N) is 3. The molecule has 0 saturated carbocycles. The molecule has 0 aromatic heterocycles. The van der Waals surface area contributed by atoms with Gasteiger partial charge in [0, 0.05) is 19.0 Å². The lowest BCUT2D eigenvalue weighted by molar-refractivity contribution is -0.118. The first-order valence-corrected chi connectivity index (χ1v) is 7.27. The van der Waals surface area contributed by atoms with Crippen molar-refractivity contribution in [3.63, 3.8) is 0 Å². The van der Waals surface area contributed by atoms with Gasteiger partial charge in [0.15, 0.2) is 9.84 Å². The maximum atomic E-state index is 11.3. The molecule has 19 heavy (non-hydrogen) atoms. The van der Waals surface area contributed by atoms with E-state index < -0.39 is 21.8 Å². The van der Waals surface area contributed by atoms with Gasteiger partial charge in [-0.15, -0.1) is 0 Å². The Morgan fingerprint density at radius 2 is 1.95 bits per heavy atom. The Balaban J connectivity index is 2.64. The molecule has 104 valence electrons. The van der Waals surface area contributed by atoms with Gasteiger partial charge in [-0.05, 0) is 18.2 Å². The zero-order valence-corrected chi connectivity index (χ0v) is 11.4. The summed E-state index contributed by atoms with van der Waals surface area (Å²) in [6, 6.07) is 5.47. The van der Waals surface area contributed by atoms with E-state index in [0.717, 1.165) is 6.26 Å². The first-order valence-electron chi connectivity index (χ1n) is 5.38. The van der Waals surface area contributed by atoms with Gasteiger partial charge in [-0.3, -0.25) is 10.1 Å². The summed E-state index contributed by atoms with van der Waals surface area (Å²) in [7, 11) is -1.90. The van der Waals surface area contributed by atoms with E-state index in [1.54, 1.807) is 12.1 Å². The summed E-state index contributed by atoms with van der Waals surface area (Å²) in [5.41, 5.74) is 0.481. The number of anilines is 1. The van der Waals surface area contributed by atoms with Crippen LogP contribution in [0.1, 0.15) is 0 Å². The van der Waals surface area contributed by atoms with Gasteiger partial charge < -0.3 is 10.6 Å². The third-order valence-electron chi connectivity index (χ3n) is 2.20. The first-order chi connectivity index (χ1) is 8.82. The molecule has 0 radical (unpaired) electrons. The summed E-state index contributed by atoms with van der Waals surface area (Å²) in [4.78, 5) is 22.3. The van der Waals surface area contributed by atoms with Crippen LogP contribution in [0.2, 0.25) is 0 Å². The largest absolute Gasteiger partial charge is 0.376 e.